The van der Waals surface area contributed by atoms with E-state index in [0.29, 0.717) is 17.2 Å². The minimum absolute atomic E-state index is 0.551. The molecule has 3 aromatic rings. The molecule has 0 aliphatic heterocycles. The maximum Gasteiger partial charge on any atom is 0.205 e. The van der Waals surface area contributed by atoms with Gasteiger partial charge >= 0.3 is 0 Å². The predicted octanol–water partition coefficient (Wildman–Crippen LogP) is 4.27. The Hall–Kier alpha value is -3.06. The number of benzene rings is 2. The molecular formula is C22H25N3O3S. The van der Waals surface area contributed by atoms with Crippen LogP contribution in [0.2, 0.25) is 0 Å². The average molecular weight is 412 g/mol. The standard InChI is InChI=1S/C22H25N3O3S/c1-14-7-8-17(9-15(14)2)18-13-29-22(23-3)25(18)24-12-16-10-19(26-4)21(28-6)20(11-16)27-5/h7-13H,1-6H3. The third kappa shape index (κ3) is 4.19. The van der Waals surface area contributed by atoms with Gasteiger partial charge in [-0.2, -0.15) is 5.10 Å². The summed E-state index contributed by atoms with van der Waals surface area (Å²) in [5, 5.41) is 6.77. The first kappa shape index (κ1) is 20.7. The topological polar surface area (TPSA) is 57.3 Å². The molecule has 1 aromatic heterocycles. The number of hydrogen-bond donors (Lipinski definition) is 0. The van der Waals surface area contributed by atoms with Crippen molar-refractivity contribution in [2.24, 2.45) is 10.1 Å². The highest BCUT2D eigenvalue weighted by Gasteiger charge is 2.13. The molecule has 0 atom stereocenters. The highest BCUT2D eigenvalue weighted by atomic mass is 32.1. The van der Waals surface area contributed by atoms with Gasteiger partial charge in [-0.05, 0) is 43.2 Å². The van der Waals surface area contributed by atoms with E-state index in [9.17, 15) is 0 Å². The molecule has 0 unspecified atom stereocenters. The van der Waals surface area contributed by atoms with Gasteiger partial charge < -0.3 is 14.2 Å². The molecule has 0 amide bonds. The van der Waals surface area contributed by atoms with Crippen molar-refractivity contribution >= 4 is 17.6 Å². The first-order valence-corrected chi connectivity index (χ1v) is 9.95. The summed E-state index contributed by atoms with van der Waals surface area (Å²) in [4.78, 5) is 5.17. The van der Waals surface area contributed by atoms with E-state index in [-0.39, 0.29) is 0 Å². The number of aryl methyl sites for hydroxylation is 2. The van der Waals surface area contributed by atoms with Crippen molar-refractivity contribution < 1.29 is 14.2 Å². The molecule has 6 nitrogen and oxygen atoms in total. The van der Waals surface area contributed by atoms with Gasteiger partial charge in [-0.25, -0.2) is 4.68 Å². The Labute approximate surface area is 174 Å². The average Bonchev–Trinajstić information content (AvgIpc) is 3.16. The lowest BCUT2D eigenvalue weighted by atomic mass is 10.1. The molecule has 0 saturated carbocycles. The molecule has 0 spiro atoms. The van der Waals surface area contributed by atoms with Crippen LogP contribution in [0.25, 0.3) is 11.3 Å². The molecule has 3 rings (SSSR count). The first-order valence-electron chi connectivity index (χ1n) is 9.07. The Kier molecular flexibility index (Phi) is 6.39. The van der Waals surface area contributed by atoms with Crippen LogP contribution in [0.1, 0.15) is 16.7 Å². The molecule has 0 fully saturated rings. The predicted molar refractivity (Wildman–Crippen MR) is 118 cm³/mol. The van der Waals surface area contributed by atoms with Crippen molar-refractivity contribution in [2.45, 2.75) is 13.8 Å². The van der Waals surface area contributed by atoms with E-state index < -0.39 is 0 Å². The number of hydrogen-bond acceptors (Lipinski definition) is 6. The molecule has 1 heterocycles. The van der Waals surface area contributed by atoms with Gasteiger partial charge in [0.05, 0.1) is 33.2 Å². The highest BCUT2D eigenvalue weighted by molar-refractivity contribution is 7.07. The smallest absolute Gasteiger partial charge is 0.205 e. The second kappa shape index (κ2) is 8.96. The molecule has 152 valence electrons. The Morgan fingerprint density at radius 1 is 0.931 bits per heavy atom. The lowest BCUT2D eigenvalue weighted by Gasteiger charge is -2.12. The van der Waals surface area contributed by atoms with E-state index in [1.54, 1.807) is 45.9 Å². The van der Waals surface area contributed by atoms with Crippen molar-refractivity contribution in [1.82, 2.24) is 4.68 Å². The highest BCUT2D eigenvalue weighted by Crippen LogP contribution is 2.37. The van der Waals surface area contributed by atoms with Crippen molar-refractivity contribution in [3.63, 3.8) is 0 Å². The molecule has 29 heavy (non-hydrogen) atoms. The monoisotopic (exact) mass is 411 g/mol. The maximum atomic E-state index is 5.43. The Balaban J connectivity index is 2.08. The van der Waals surface area contributed by atoms with E-state index >= 15 is 0 Å². The van der Waals surface area contributed by atoms with Gasteiger partial charge in [0.2, 0.25) is 10.6 Å². The molecule has 0 aliphatic carbocycles. The third-order valence-electron chi connectivity index (χ3n) is 4.69. The van der Waals surface area contributed by atoms with Gasteiger partial charge in [-0.3, -0.25) is 4.99 Å². The molecule has 0 N–H and O–H groups in total. The number of methoxy groups -OCH3 is 3. The van der Waals surface area contributed by atoms with Crippen LogP contribution in [0.4, 0.5) is 0 Å². The van der Waals surface area contributed by atoms with Gasteiger partial charge in [0.15, 0.2) is 11.5 Å². The van der Waals surface area contributed by atoms with Gasteiger partial charge in [0.25, 0.3) is 0 Å². The molecule has 0 aliphatic rings. The van der Waals surface area contributed by atoms with E-state index in [1.165, 1.54) is 11.1 Å². The van der Waals surface area contributed by atoms with Gasteiger partial charge in [-0.15, -0.1) is 11.3 Å². The second-order valence-electron chi connectivity index (χ2n) is 6.44. The molecule has 7 heteroatoms. The van der Waals surface area contributed by atoms with Gasteiger partial charge in [0, 0.05) is 23.6 Å². The molecule has 0 saturated heterocycles. The second-order valence-corrected chi connectivity index (χ2v) is 7.28. The van der Waals surface area contributed by atoms with Gasteiger partial charge in [0.1, 0.15) is 0 Å². The zero-order chi connectivity index (χ0) is 21.0. The largest absolute Gasteiger partial charge is 0.493 e. The maximum absolute atomic E-state index is 5.43. The minimum atomic E-state index is 0.551. The Bertz CT molecular complexity index is 1090. The fourth-order valence-corrected chi connectivity index (χ4v) is 3.77. The fourth-order valence-electron chi connectivity index (χ4n) is 2.96. The van der Waals surface area contributed by atoms with Crippen molar-refractivity contribution in [3.05, 3.63) is 57.2 Å². The normalized spacial score (nSPS) is 11.9. The Morgan fingerprint density at radius 2 is 1.62 bits per heavy atom. The molecule has 2 aromatic carbocycles. The van der Waals surface area contributed by atoms with Crippen molar-refractivity contribution in [3.8, 4) is 28.5 Å². The number of rotatable bonds is 6. The number of aromatic nitrogens is 1. The molecular weight excluding hydrogens is 386 g/mol. The Morgan fingerprint density at radius 3 is 2.17 bits per heavy atom. The molecule has 0 radical (unpaired) electrons. The summed E-state index contributed by atoms with van der Waals surface area (Å²) in [6, 6.07) is 10.1. The fraction of sp³-hybridized carbons (Fsp3) is 0.273. The van der Waals surface area contributed by atoms with E-state index in [0.717, 1.165) is 21.6 Å². The van der Waals surface area contributed by atoms with Crippen LogP contribution in [0.5, 0.6) is 17.2 Å². The van der Waals surface area contributed by atoms with E-state index in [4.69, 9.17) is 19.3 Å². The summed E-state index contributed by atoms with van der Waals surface area (Å²) >= 11 is 1.55. The van der Waals surface area contributed by atoms with Crippen LogP contribution in [0.3, 0.4) is 0 Å². The van der Waals surface area contributed by atoms with Crippen molar-refractivity contribution in [1.29, 1.82) is 0 Å². The first-order chi connectivity index (χ1) is 14.0. The van der Waals surface area contributed by atoms with E-state index in [1.807, 2.05) is 16.8 Å². The van der Waals surface area contributed by atoms with Crippen LogP contribution in [-0.4, -0.2) is 39.3 Å². The van der Waals surface area contributed by atoms with E-state index in [2.05, 4.69) is 42.4 Å². The summed E-state index contributed by atoms with van der Waals surface area (Å²) in [6.07, 6.45) is 1.76. The zero-order valence-electron chi connectivity index (χ0n) is 17.5. The quantitative estimate of drug-likeness (QED) is 0.569. The van der Waals surface area contributed by atoms with Crippen LogP contribution < -0.4 is 19.0 Å². The lowest BCUT2D eigenvalue weighted by Crippen LogP contribution is -2.11. The SMILES string of the molecule is CN=c1scc(-c2ccc(C)c(C)c2)n1N=Cc1cc(OC)c(OC)c(OC)c1. The van der Waals surface area contributed by atoms with Crippen LogP contribution in [0, 0.1) is 13.8 Å². The van der Waals surface area contributed by atoms with Crippen LogP contribution in [0.15, 0.2) is 45.8 Å². The number of nitrogens with zero attached hydrogens (tertiary/aromatic N) is 3. The summed E-state index contributed by atoms with van der Waals surface area (Å²) in [5.41, 5.74) is 5.41. The van der Waals surface area contributed by atoms with Crippen LogP contribution >= 0.6 is 11.3 Å². The summed E-state index contributed by atoms with van der Waals surface area (Å²) in [7, 11) is 6.54. The zero-order valence-corrected chi connectivity index (χ0v) is 18.3. The number of ether oxygens (including phenoxy) is 3. The summed E-state index contributed by atoms with van der Waals surface area (Å²) in [6.45, 7) is 4.22. The number of thiazole rings is 1. The third-order valence-corrected chi connectivity index (χ3v) is 5.60. The molecule has 0 bridgehead atoms. The van der Waals surface area contributed by atoms with Gasteiger partial charge in [-0.1, -0.05) is 12.1 Å². The van der Waals surface area contributed by atoms with Crippen molar-refractivity contribution in [2.75, 3.05) is 28.4 Å². The van der Waals surface area contributed by atoms with Crippen LogP contribution in [-0.2, 0) is 0 Å². The lowest BCUT2D eigenvalue weighted by molar-refractivity contribution is 0.324. The summed E-state index contributed by atoms with van der Waals surface area (Å²) < 4.78 is 18.1. The minimum Gasteiger partial charge on any atom is -0.493 e. The summed E-state index contributed by atoms with van der Waals surface area (Å²) in [5.74, 6) is 1.72.